The molecule has 2 aromatic heterocycles. The Bertz CT molecular complexity index is 863. The lowest BCUT2D eigenvalue weighted by atomic mass is 10.1. The van der Waals surface area contributed by atoms with Crippen molar-refractivity contribution < 1.29 is 4.79 Å². The number of pyridine rings is 1. The summed E-state index contributed by atoms with van der Waals surface area (Å²) in [5.41, 5.74) is 4.42. The van der Waals surface area contributed by atoms with Crippen molar-refractivity contribution in [1.29, 1.82) is 0 Å². The molecule has 6 heteroatoms. The summed E-state index contributed by atoms with van der Waals surface area (Å²) in [5.74, 6) is 0.306. The SMILES string of the molecule is Cc1ccc(Nc2ccc(C(=O)NCc3ccccn3)nn2)cc1C. The van der Waals surface area contributed by atoms with Crippen LogP contribution in [0.15, 0.2) is 54.7 Å². The zero-order valence-corrected chi connectivity index (χ0v) is 14.2. The van der Waals surface area contributed by atoms with E-state index in [1.165, 1.54) is 11.1 Å². The van der Waals surface area contributed by atoms with Gasteiger partial charge in [-0.25, -0.2) is 0 Å². The highest BCUT2D eigenvalue weighted by Gasteiger charge is 2.08. The molecule has 1 aromatic carbocycles. The predicted molar refractivity (Wildman–Crippen MR) is 96.6 cm³/mol. The summed E-state index contributed by atoms with van der Waals surface area (Å²) in [6, 6.07) is 15.0. The van der Waals surface area contributed by atoms with E-state index in [-0.39, 0.29) is 11.6 Å². The van der Waals surface area contributed by atoms with Crippen molar-refractivity contribution in [3.63, 3.8) is 0 Å². The first-order valence-corrected chi connectivity index (χ1v) is 7.98. The van der Waals surface area contributed by atoms with Gasteiger partial charge in [-0.05, 0) is 61.4 Å². The second-order valence-electron chi connectivity index (χ2n) is 5.73. The Balaban J connectivity index is 1.61. The average Bonchev–Trinajstić information content (AvgIpc) is 2.64. The number of carbonyl (C=O) groups is 1. The number of nitrogens with one attached hydrogen (secondary N) is 2. The second kappa shape index (κ2) is 7.53. The van der Waals surface area contributed by atoms with Crippen LogP contribution in [0.4, 0.5) is 11.5 Å². The summed E-state index contributed by atoms with van der Waals surface area (Å²) < 4.78 is 0. The van der Waals surface area contributed by atoms with E-state index in [0.29, 0.717) is 12.4 Å². The van der Waals surface area contributed by atoms with E-state index in [9.17, 15) is 4.79 Å². The summed E-state index contributed by atoms with van der Waals surface area (Å²) in [6.45, 7) is 4.47. The van der Waals surface area contributed by atoms with Gasteiger partial charge in [-0.15, -0.1) is 10.2 Å². The molecule has 3 rings (SSSR count). The highest BCUT2D eigenvalue weighted by Crippen LogP contribution is 2.17. The molecule has 0 aliphatic carbocycles. The van der Waals surface area contributed by atoms with Crippen LogP contribution in [-0.4, -0.2) is 21.1 Å². The molecular formula is C19H19N5O. The van der Waals surface area contributed by atoms with E-state index in [1.807, 2.05) is 36.4 Å². The van der Waals surface area contributed by atoms with Crippen molar-refractivity contribution in [3.8, 4) is 0 Å². The van der Waals surface area contributed by atoms with Crippen LogP contribution in [0, 0.1) is 13.8 Å². The van der Waals surface area contributed by atoms with Crippen molar-refractivity contribution in [1.82, 2.24) is 20.5 Å². The number of amides is 1. The van der Waals surface area contributed by atoms with E-state index < -0.39 is 0 Å². The fourth-order valence-corrected chi connectivity index (χ4v) is 2.25. The Morgan fingerprint density at radius 1 is 1.00 bits per heavy atom. The van der Waals surface area contributed by atoms with Gasteiger partial charge in [0.15, 0.2) is 11.5 Å². The molecule has 0 aliphatic heterocycles. The van der Waals surface area contributed by atoms with Crippen LogP contribution >= 0.6 is 0 Å². The molecule has 0 saturated heterocycles. The lowest BCUT2D eigenvalue weighted by Gasteiger charge is -2.08. The smallest absolute Gasteiger partial charge is 0.272 e. The lowest BCUT2D eigenvalue weighted by Crippen LogP contribution is -2.24. The zero-order valence-electron chi connectivity index (χ0n) is 14.2. The fraction of sp³-hybridized carbons (Fsp3) is 0.158. The number of aryl methyl sites for hydroxylation is 2. The number of hydrogen-bond acceptors (Lipinski definition) is 5. The molecule has 3 aromatic rings. The van der Waals surface area contributed by atoms with E-state index in [2.05, 4.69) is 39.7 Å². The first-order chi connectivity index (χ1) is 12.1. The van der Waals surface area contributed by atoms with Crippen LogP contribution < -0.4 is 10.6 Å². The van der Waals surface area contributed by atoms with Gasteiger partial charge in [0.2, 0.25) is 0 Å². The monoisotopic (exact) mass is 333 g/mol. The maximum absolute atomic E-state index is 12.1. The summed E-state index contributed by atoms with van der Waals surface area (Å²) in [4.78, 5) is 16.3. The minimum absolute atomic E-state index is 0.265. The average molecular weight is 333 g/mol. The van der Waals surface area contributed by atoms with Gasteiger partial charge in [-0.2, -0.15) is 0 Å². The third-order valence-electron chi connectivity index (χ3n) is 3.83. The summed E-state index contributed by atoms with van der Waals surface area (Å²) >= 11 is 0. The van der Waals surface area contributed by atoms with E-state index in [4.69, 9.17) is 0 Å². The van der Waals surface area contributed by atoms with Crippen molar-refractivity contribution in [3.05, 3.63) is 77.2 Å². The number of hydrogen-bond donors (Lipinski definition) is 2. The van der Waals surface area contributed by atoms with Gasteiger partial charge in [-0.3, -0.25) is 9.78 Å². The van der Waals surface area contributed by atoms with Gasteiger partial charge in [0.25, 0.3) is 5.91 Å². The Morgan fingerprint density at radius 2 is 1.88 bits per heavy atom. The van der Waals surface area contributed by atoms with Gasteiger partial charge < -0.3 is 10.6 Å². The molecule has 0 radical (unpaired) electrons. The Labute approximate surface area is 146 Å². The Kier molecular flexibility index (Phi) is 4.99. The molecule has 0 aliphatic rings. The van der Waals surface area contributed by atoms with E-state index in [1.54, 1.807) is 18.3 Å². The highest BCUT2D eigenvalue weighted by molar-refractivity contribution is 5.92. The quantitative estimate of drug-likeness (QED) is 0.750. The highest BCUT2D eigenvalue weighted by atomic mass is 16.1. The maximum atomic E-state index is 12.1. The lowest BCUT2D eigenvalue weighted by molar-refractivity contribution is 0.0944. The summed E-state index contributed by atoms with van der Waals surface area (Å²) in [6.07, 6.45) is 1.69. The third kappa shape index (κ3) is 4.38. The van der Waals surface area contributed by atoms with Crippen LogP contribution in [-0.2, 0) is 6.54 Å². The number of anilines is 2. The van der Waals surface area contributed by atoms with Crippen LogP contribution in [0.3, 0.4) is 0 Å². The van der Waals surface area contributed by atoms with Crippen molar-refractivity contribution in [2.24, 2.45) is 0 Å². The van der Waals surface area contributed by atoms with Crippen molar-refractivity contribution in [2.75, 3.05) is 5.32 Å². The largest absolute Gasteiger partial charge is 0.345 e. The van der Waals surface area contributed by atoms with Crippen LogP contribution in [0.1, 0.15) is 27.3 Å². The number of rotatable bonds is 5. The predicted octanol–water partition coefficient (Wildman–Crippen LogP) is 3.16. The maximum Gasteiger partial charge on any atom is 0.272 e. The molecule has 0 bridgehead atoms. The minimum atomic E-state index is -0.282. The molecular weight excluding hydrogens is 314 g/mol. The molecule has 126 valence electrons. The topological polar surface area (TPSA) is 79.8 Å². The van der Waals surface area contributed by atoms with Gasteiger partial charge in [0.05, 0.1) is 12.2 Å². The molecule has 0 unspecified atom stereocenters. The van der Waals surface area contributed by atoms with E-state index in [0.717, 1.165) is 11.4 Å². The second-order valence-corrected chi connectivity index (χ2v) is 5.73. The van der Waals surface area contributed by atoms with Crippen molar-refractivity contribution in [2.45, 2.75) is 20.4 Å². The Hall–Kier alpha value is -3.28. The van der Waals surface area contributed by atoms with Crippen LogP contribution in [0.25, 0.3) is 0 Å². The molecule has 25 heavy (non-hydrogen) atoms. The van der Waals surface area contributed by atoms with Crippen LogP contribution in [0.5, 0.6) is 0 Å². The molecule has 0 spiro atoms. The molecule has 1 amide bonds. The van der Waals surface area contributed by atoms with E-state index >= 15 is 0 Å². The molecule has 0 fully saturated rings. The Morgan fingerprint density at radius 3 is 2.56 bits per heavy atom. The molecule has 0 atom stereocenters. The van der Waals surface area contributed by atoms with Gasteiger partial charge in [0, 0.05) is 11.9 Å². The summed E-state index contributed by atoms with van der Waals surface area (Å²) in [5, 5.41) is 14.0. The first kappa shape index (κ1) is 16.6. The fourth-order valence-electron chi connectivity index (χ4n) is 2.25. The minimum Gasteiger partial charge on any atom is -0.345 e. The van der Waals surface area contributed by atoms with Crippen LogP contribution in [0.2, 0.25) is 0 Å². The molecule has 2 heterocycles. The molecule has 6 nitrogen and oxygen atoms in total. The van der Waals surface area contributed by atoms with Gasteiger partial charge in [-0.1, -0.05) is 12.1 Å². The first-order valence-electron chi connectivity index (χ1n) is 7.98. The third-order valence-corrected chi connectivity index (χ3v) is 3.83. The van der Waals surface area contributed by atoms with Gasteiger partial charge >= 0.3 is 0 Å². The van der Waals surface area contributed by atoms with Gasteiger partial charge in [0.1, 0.15) is 0 Å². The summed E-state index contributed by atoms with van der Waals surface area (Å²) in [7, 11) is 0. The number of nitrogens with zero attached hydrogens (tertiary/aromatic N) is 3. The normalized spacial score (nSPS) is 10.3. The molecule has 0 saturated carbocycles. The molecule has 2 N–H and O–H groups in total. The number of benzene rings is 1. The zero-order chi connectivity index (χ0) is 17.6. The number of aromatic nitrogens is 3. The standard InChI is InChI=1S/C19H19N5O/c1-13-6-7-15(11-14(13)2)22-18-9-8-17(23-24-18)19(25)21-12-16-5-3-4-10-20-16/h3-11H,12H2,1-2H3,(H,21,25)(H,22,24). The number of carbonyl (C=O) groups excluding carboxylic acids is 1. The van der Waals surface area contributed by atoms with Crippen molar-refractivity contribution >= 4 is 17.4 Å².